The number of para-hydroxylation sites is 1. The Morgan fingerprint density at radius 1 is 1.26 bits per heavy atom. The van der Waals surface area contributed by atoms with Gasteiger partial charge in [-0.1, -0.05) is 37.5 Å². The molecule has 4 heteroatoms. The first-order chi connectivity index (χ1) is 9.29. The van der Waals surface area contributed by atoms with E-state index in [1.807, 2.05) is 24.3 Å². The predicted octanol–water partition coefficient (Wildman–Crippen LogP) is 1.97. The second kappa shape index (κ2) is 7.14. The van der Waals surface area contributed by atoms with Crippen molar-refractivity contribution in [3.8, 4) is 5.75 Å². The van der Waals surface area contributed by atoms with Crippen LogP contribution in [0.25, 0.3) is 0 Å². The van der Waals surface area contributed by atoms with Crippen molar-refractivity contribution in [2.24, 2.45) is 5.73 Å². The zero-order valence-electron chi connectivity index (χ0n) is 11.2. The van der Waals surface area contributed by atoms with Crippen molar-refractivity contribution in [3.05, 3.63) is 29.8 Å². The number of benzene rings is 1. The van der Waals surface area contributed by atoms with Crippen LogP contribution in [0.2, 0.25) is 0 Å². The van der Waals surface area contributed by atoms with E-state index in [4.69, 9.17) is 10.5 Å². The highest BCUT2D eigenvalue weighted by Gasteiger charge is 2.15. The number of hydrogen-bond donors (Lipinski definition) is 2. The van der Waals surface area contributed by atoms with Crippen LogP contribution in [0.1, 0.15) is 37.7 Å². The number of ether oxygens (including phenoxy) is 1. The standard InChI is InChI=1S/C15H22N2O2/c16-10-12-6-4-5-9-14(12)19-11-15(18)17-13-7-2-1-3-8-13/h4-6,9,13H,1-3,7-8,10-11,16H2,(H,17,18). The highest BCUT2D eigenvalue weighted by atomic mass is 16.5. The summed E-state index contributed by atoms with van der Waals surface area (Å²) in [7, 11) is 0. The molecule has 1 aliphatic rings. The third-order valence-corrected chi connectivity index (χ3v) is 3.52. The fourth-order valence-electron chi connectivity index (χ4n) is 2.47. The molecule has 0 spiro atoms. The molecule has 0 aromatic heterocycles. The summed E-state index contributed by atoms with van der Waals surface area (Å²) in [6.07, 6.45) is 5.88. The first kappa shape index (κ1) is 13.9. The van der Waals surface area contributed by atoms with Crippen molar-refractivity contribution in [3.63, 3.8) is 0 Å². The van der Waals surface area contributed by atoms with Crippen molar-refractivity contribution in [2.75, 3.05) is 6.61 Å². The van der Waals surface area contributed by atoms with Gasteiger partial charge in [-0.05, 0) is 18.9 Å². The van der Waals surface area contributed by atoms with Crippen LogP contribution in [-0.4, -0.2) is 18.6 Å². The minimum Gasteiger partial charge on any atom is -0.483 e. The highest BCUT2D eigenvalue weighted by Crippen LogP contribution is 2.18. The van der Waals surface area contributed by atoms with Crippen LogP contribution in [0.15, 0.2) is 24.3 Å². The number of rotatable bonds is 5. The summed E-state index contributed by atoms with van der Waals surface area (Å²) in [4.78, 5) is 11.8. The summed E-state index contributed by atoms with van der Waals surface area (Å²) in [6.45, 7) is 0.480. The minimum atomic E-state index is -0.0428. The zero-order valence-corrected chi connectivity index (χ0v) is 11.2. The lowest BCUT2D eigenvalue weighted by Gasteiger charge is -2.22. The molecule has 0 unspecified atom stereocenters. The number of amides is 1. The van der Waals surface area contributed by atoms with Gasteiger partial charge >= 0.3 is 0 Å². The van der Waals surface area contributed by atoms with E-state index < -0.39 is 0 Å². The molecule has 0 aliphatic heterocycles. The molecule has 3 N–H and O–H groups in total. The third kappa shape index (κ3) is 4.24. The zero-order chi connectivity index (χ0) is 13.5. The first-order valence-electron chi connectivity index (χ1n) is 6.99. The van der Waals surface area contributed by atoms with Crippen LogP contribution < -0.4 is 15.8 Å². The van der Waals surface area contributed by atoms with Gasteiger partial charge in [-0.25, -0.2) is 0 Å². The summed E-state index contributed by atoms with van der Waals surface area (Å²) in [6, 6.07) is 7.88. The molecular formula is C15H22N2O2. The van der Waals surface area contributed by atoms with E-state index in [-0.39, 0.29) is 12.5 Å². The Morgan fingerprint density at radius 2 is 2.00 bits per heavy atom. The smallest absolute Gasteiger partial charge is 0.258 e. The summed E-state index contributed by atoms with van der Waals surface area (Å²) >= 11 is 0. The van der Waals surface area contributed by atoms with Crippen molar-refractivity contribution < 1.29 is 9.53 Å². The second-order valence-corrected chi connectivity index (χ2v) is 5.00. The summed E-state index contributed by atoms with van der Waals surface area (Å²) in [5, 5.41) is 3.03. The minimum absolute atomic E-state index is 0.0428. The predicted molar refractivity (Wildman–Crippen MR) is 74.8 cm³/mol. The molecule has 2 rings (SSSR count). The fourth-order valence-corrected chi connectivity index (χ4v) is 2.47. The van der Waals surface area contributed by atoms with Gasteiger partial charge in [0.1, 0.15) is 5.75 Å². The summed E-state index contributed by atoms with van der Waals surface area (Å²) < 4.78 is 5.54. The Labute approximate surface area is 114 Å². The van der Waals surface area contributed by atoms with E-state index >= 15 is 0 Å². The number of nitrogens with one attached hydrogen (secondary N) is 1. The maximum absolute atomic E-state index is 11.8. The van der Waals surface area contributed by atoms with Crippen molar-refractivity contribution >= 4 is 5.91 Å². The lowest BCUT2D eigenvalue weighted by atomic mass is 9.95. The van der Waals surface area contributed by atoms with E-state index in [0.29, 0.717) is 18.3 Å². The van der Waals surface area contributed by atoms with Gasteiger partial charge in [0.2, 0.25) is 0 Å². The molecule has 1 fully saturated rings. The molecule has 1 aromatic rings. The van der Waals surface area contributed by atoms with Gasteiger partial charge in [-0.2, -0.15) is 0 Å². The number of nitrogens with two attached hydrogens (primary N) is 1. The van der Waals surface area contributed by atoms with Gasteiger partial charge in [0.25, 0.3) is 5.91 Å². The molecular weight excluding hydrogens is 240 g/mol. The average molecular weight is 262 g/mol. The summed E-state index contributed by atoms with van der Waals surface area (Å²) in [5.74, 6) is 0.655. The Morgan fingerprint density at radius 3 is 2.74 bits per heavy atom. The van der Waals surface area contributed by atoms with E-state index in [1.165, 1.54) is 19.3 Å². The van der Waals surface area contributed by atoms with Gasteiger partial charge in [-0.15, -0.1) is 0 Å². The molecule has 1 amide bonds. The number of hydrogen-bond acceptors (Lipinski definition) is 3. The summed E-state index contributed by atoms with van der Waals surface area (Å²) in [5.41, 5.74) is 6.55. The fraction of sp³-hybridized carbons (Fsp3) is 0.533. The average Bonchev–Trinajstić information content (AvgIpc) is 2.46. The normalized spacial score (nSPS) is 16.1. The lowest BCUT2D eigenvalue weighted by molar-refractivity contribution is -0.124. The van der Waals surface area contributed by atoms with Crippen molar-refractivity contribution in [1.29, 1.82) is 0 Å². The Hall–Kier alpha value is -1.55. The molecule has 0 radical (unpaired) electrons. The number of carbonyl (C=O) groups excluding carboxylic acids is 1. The molecule has 0 atom stereocenters. The van der Waals surface area contributed by atoms with Gasteiger partial charge in [0, 0.05) is 18.2 Å². The quantitative estimate of drug-likeness (QED) is 0.852. The highest BCUT2D eigenvalue weighted by molar-refractivity contribution is 5.77. The van der Waals surface area contributed by atoms with Crippen molar-refractivity contribution in [1.82, 2.24) is 5.32 Å². The van der Waals surface area contributed by atoms with Crippen molar-refractivity contribution in [2.45, 2.75) is 44.7 Å². The Kier molecular flexibility index (Phi) is 5.21. The largest absolute Gasteiger partial charge is 0.483 e. The monoisotopic (exact) mass is 262 g/mol. The molecule has 4 nitrogen and oxygen atoms in total. The molecule has 0 saturated heterocycles. The molecule has 19 heavy (non-hydrogen) atoms. The van der Waals surface area contributed by atoms with Crippen LogP contribution in [0.4, 0.5) is 0 Å². The first-order valence-corrected chi connectivity index (χ1v) is 6.99. The molecule has 104 valence electrons. The van der Waals surface area contributed by atoms with Crippen LogP contribution in [-0.2, 0) is 11.3 Å². The van der Waals surface area contributed by atoms with Crippen LogP contribution in [0.5, 0.6) is 5.75 Å². The number of carbonyl (C=O) groups is 1. The van der Waals surface area contributed by atoms with E-state index in [2.05, 4.69) is 5.32 Å². The van der Waals surface area contributed by atoms with Gasteiger partial charge in [0.05, 0.1) is 0 Å². The molecule has 0 bridgehead atoms. The van der Waals surface area contributed by atoms with Crippen LogP contribution >= 0.6 is 0 Å². The van der Waals surface area contributed by atoms with E-state index in [9.17, 15) is 4.79 Å². The van der Waals surface area contributed by atoms with Gasteiger partial charge in [-0.3, -0.25) is 4.79 Å². The van der Waals surface area contributed by atoms with Crippen LogP contribution in [0.3, 0.4) is 0 Å². The maximum Gasteiger partial charge on any atom is 0.258 e. The van der Waals surface area contributed by atoms with Gasteiger partial charge in [0.15, 0.2) is 6.61 Å². The van der Waals surface area contributed by atoms with E-state index in [0.717, 1.165) is 18.4 Å². The molecule has 1 aromatic carbocycles. The van der Waals surface area contributed by atoms with Crippen LogP contribution in [0, 0.1) is 0 Å². The third-order valence-electron chi connectivity index (χ3n) is 3.52. The van der Waals surface area contributed by atoms with E-state index in [1.54, 1.807) is 0 Å². The molecule has 1 saturated carbocycles. The Balaban J connectivity index is 1.79. The molecule has 0 heterocycles. The SMILES string of the molecule is NCc1ccccc1OCC(=O)NC1CCCCC1. The topological polar surface area (TPSA) is 64.3 Å². The maximum atomic E-state index is 11.8. The second-order valence-electron chi connectivity index (χ2n) is 5.00. The lowest BCUT2D eigenvalue weighted by Crippen LogP contribution is -2.39. The molecule has 1 aliphatic carbocycles. The Bertz CT molecular complexity index is 414. The van der Waals surface area contributed by atoms with Gasteiger partial charge < -0.3 is 15.8 Å².